The summed E-state index contributed by atoms with van der Waals surface area (Å²) in [7, 11) is 0.382. The lowest BCUT2D eigenvalue weighted by molar-refractivity contribution is 0.0532. The fraction of sp³-hybridized carbons (Fsp3) is 0.591. The fourth-order valence-electron chi connectivity index (χ4n) is 3.68. The van der Waals surface area contributed by atoms with E-state index in [4.69, 9.17) is 14.2 Å². The Labute approximate surface area is 168 Å². The molecule has 0 atom stereocenters. The van der Waals surface area contributed by atoms with Crippen molar-refractivity contribution in [2.45, 2.75) is 58.5 Å². The van der Waals surface area contributed by atoms with E-state index in [0.717, 1.165) is 46.9 Å². The monoisotopic (exact) mass is 404 g/mol. The van der Waals surface area contributed by atoms with E-state index in [1.807, 2.05) is 6.92 Å². The molecule has 28 heavy (non-hydrogen) atoms. The molecular formula is C22H32O5Si. The van der Waals surface area contributed by atoms with Crippen LogP contribution in [0, 0.1) is 12.8 Å². The van der Waals surface area contributed by atoms with Gasteiger partial charge in [0, 0.05) is 19.2 Å². The van der Waals surface area contributed by atoms with E-state index >= 15 is 0 Å². The number of carbonyl (C=O) groups excluding carboxylic acids is 1. The smallest absolute Gasteiger partial charge is 0.342 e. The summed E-state index contributed by atoms with van der Waals surface area (Å²) >= 11 is 0. The average molecular weight is 405 g/mol. The Kier molecular flexibility index (Phi) is 6.20. The molecule has 1 aliphatic heterocycles. The topological polar surface area (TPSA) is 65.0 Å². The predicted molar refractivity (Wildman–Crippen MR) is 112 cm³/mol. The van der Waals surface area contributed by atoms with Crippen molar-refractivity contribution in [2.75, 3.05) is 20.3 Å². The summed E-state index contributed by atoms with van der Waals surface area (Å²) in [5.74, 6) is 1.53. The van der Waals surface area contributed by atoms with Crippen LogP contribution >= 0.6 is 0 Å². The highest BCUT2D eigenvalue weighted by atomic mass is 28.3. The van der Waals surface area contributed by atoms with Gasteiger partial charge in [-0.25, -0.2) is 4.79 Å². The molecule has 6 heteroatoms. The molecular weight excluding hydrogens is 372 g/mol. The number of cyclic esters (lactones) is 1. The van der Waals surface area contributed by atoms with Crippen molar-refractivity contribution in [3.05, 3.63) is 33.9 Å². The SMILES string of the molecule is COc1c(C)c2c(c(OCC[Si](C)(C)C)c1CC=C(CO)C1CC1)C(=O)OC2. The first-order valence-corrected chi connectivity index (χ1v) is 13.8. The third-order valence-electron chi connectivity index (χ3n) is 5.58. The molecule has 5 nitrogen and oxygen atoms in total. The molecule has 1 saturated carbocycles. The van der Waals surface area contributed by atoms with Crippen LogP contribution in [0.5, 0.6) is 11.5 Å². The molecule has 1 aliphatic carbocycles. The molecule has 2 aliphatic rings. The molecule has 1 aromatic rings. The van der Waals surface area contributed by atoms with Crippen molar-refractivity contribution in [2.24, 2.45) is 5.92 Å². The summed E-state index contributed by atoms with van der Waals surface area (Å²) in [5, 5.41) is 9.69. The second-order valence-electron chi connectivity index (χ2n) is 8.97. The molecule has 1 aromatic carbocycles. The van der Waals surface area contributed by atoms with Crippen molar-refractivity contribution in [1.82, 2.24) is 0 Å². The molecule has 0 spiro atoms. The van der Waals surface area contributed by atoms with Crippen molar-refractivity contribution in [1.29, 1.82) is 0 Å². The second kappa shape index (κ2) is 8.29. The van der Waals surface area contributed by atoms with Crippen LogP contribution in [0.15, 0.2) is 11.6 Å². The van der Waals surface area contributed by atoms with Crippen molar-refractivity contribution >= 4 is 14.0 Å². The van der Waals surface area contributed by atoms with Gasteiger partial charge in [0.05, 0.1) is 20.3 Å². The van der Waals surface area contributed by atoms with E-state index in [9.17, 15) is 9.90 Å². The number of benzene rings is 1. The zero-order valence-corrected chi connectivity index (χ0v) is 18.7. The molecule has 0 bridgehead atoms. The maximum Gasteiger partial charge on any atom is 0.342 e. The van der Waals surface area contributed by atoms with Gasteiger partial charge >= 0.3 is 5.97 Å². The van der Waals surface area contributed by atoms with Gasteiger partial charge in [-0.3, -0.25) is 0 Å². The Hall–Kier alpha value is -1.79. The number of aliphatic hydroxyl groups is 1. The van der Waals surface area contributed by atoms with Gasteiger partial charge in [0.25, 0.3) is 0 Å². The lowest BCUT2D eigenvalue weighted by Gasteiger charge is -2.21. The highest BCUT2D eigenvalue weighted by molar-refractivity contribution is 6.76. The summed E-state index contributed by atoms with van der Waals surface area (Å²) in [5.41, 5.74) is 4.29. The Morgan fingerprint density at radius 2 is 2.00 bits per heavy atom. The minimum atomic E-state index is -1.27. The second-order valence-corrected chi connectivity index (χ2v) is 14.6. The number of hydrogen-bond donors (Lipinski definition) is 1. The summed E-state index contributed by atoms with van der Waals surface area (Å²) in [4.78, 5) is 12.5. The summed E-state index contributed by atoms with van der Waals surface area (Å²) in [6.07, 6.45) is 4.92. The quantitative estimate of drug-likeness (QED) is 0.378. The van der Waals surface area contributed by atoms with Crippen molar-refractivity contribution in [3.63, 3.8) is 0 Å². The van der Waals surface area contributed by atoms with Crippen LogP contribution in [-0.4, -0.2) is 39.5 Å². The Morgan fingerprint density at radius 3 is 2.57 bits per heavy atom. The van der Waals surface area contributed by atoms with E-state index in [1.165, 1.54) is 0 Å². The minimum absolute atomic E-state index is 0.0742. The number of allylic oxidation sites excluding steroid dienone is 1. The fourth-order valence-corrected chi connectivity index (χ4v) is 4.39. The Balaban J connectivity index is 2.02. The number of carbonyl (C=O) groups is 1. The number of rotatable bonds is 9. The lowest BCUT2D eigenvalue weighted by atomic mass is 9.94. The maximum atomic E-state index is 12.5. The van der Waals surface area contributed by atoms with E-state index in [1.54, 1.807) is 7.11 Å². The molecule has 1 heterocycles. The van der Waals surface area contributed by atoms with E-state index in [0.29, 0.717) is 30.3 Å². The molecule has 154 valence electrons. The number of aliphatic hydroxyl groups excluding tert-OH is 1. The van der Waals surface area contributed by atoms with Gasteiger partial charge < -0.3 is 19.3 Å². The molecule has 3 rings (SSSR count). The first-order valence-electron chi connectivity index (χ1n) is 10.1. The van der Waals surface area contributed by atoms with Crippen LogP contribution < -0.4 is 9.47 Å². The third-order valence-corrected chi connectivity index (χ3v) is 7.28. The predicted octanol–water partition coefficient (Wildman–Crippen LogP) is 4.26. The normalized spacial score (nSPS) is 16.8. The summed E-state index contributed by atoms with van der Waals surface area (Å²) in [6.45, 7) is 9.79. The summed E-state index contributed by atoms with van der Waals surface area (Å²) in [6, 6.07) is 1.01. The van der Waals surface area contributed by atoms with Crippen molar-refractivity contribution in [3.8, 4) is 11.5 Å². The van der Waals surface area contributed by atoms with E-state index in [-0.39, 0.29) is 19.2 Å². The van der Waals surface area contributed by atoms with Gasteiger partial charge in [-0.15, -0.1) is 0 Å². The van der Waals surface area contributed by atoms with Gasteiger partial charge in [-0.05, 0) is 49.3 Å². The molecule has 0 aromatic heterocycles. The molecule has 0 saturated heterocycles. The number of esters is 1. The zero-order chi connectivity index (χ0) is 20.5. The third kappa shape index (κ3) is 4.44. The Morgan fingerprint density at radius 1 is 1.29 bits per heavy atom. The van der Waals surface area contributed by atoms with Gasteiger partial charge in [0.2, 0.25) is 0 Å². The number of fused-ring (bicyclic) bond motifs is 1. The Bertz CT molecular complexity index is 787. The first kappa shape index (κ1) is 20.9. The van der Waals surface area contributed by atoms with Crippen LogP contribution in [-0.2, 0) is 17.8 Å². The number of ether oxygens (including phenoxy) is 3. The largest absolute Gasteiger partial charge is 0.496 e. The highest BCUT2D eigenvalue weighted by Gasteiger charge is 2.33. The number of hydrogen-bond acceptors (Lipinski definition) is 5. The van der Waals surface area contributed by atoms with Gasteiger partial charge in [-0.2, -0.15) is 0 Å². The molecule has 1 fully saturated rings. The van der Waals surface area contributed by atoms with Crippen LogP contribution in [0.3, 0.4) is 0 Å². The van der Waals surface area contributed by atoms with Gasteiger partial charge in [0.15, 0.2) is 0 Å². The molecule has 0 unspecified atom stereocenters. The minimum Gasteiger partial charge on any atom is -0.496 e. The highest BCUT2D eigenvalue weighted by Crippen LogP contribution is 2.43. The van der Waals surface area contributed by atoms with Gasteiger partial charge in [-0.1, -0.05) is 25.7 Å². The molecule has 0 radical (unpaired) electrons. The van der Waals surface area contributed by atoms with Crippen LogP contribution in [0.4, 0.5) is 0 Å². The molecule has 0 amide bonds. The first-order chi connectivity index (χ1) is 13.3. The summed E-state index contributed by atoms with van der Waals surface area (Å²) < 4.78 is 17.3. The van der Waals surface area contributed by atoms with Crippen LogP contribution in [0.1, 0.15) is 39.9 Å². The average Bonchev–Trinajstić information content (AvgIpc) is 3.39. The zero-order valence-electron chi connectivity index (χ0n) is 17.7. The maximum absolute atomic E-state index is 12.5. The van der Waals surface area contributed by atoms with Crippen molar-refractivity contribution < 1.29 is 24.1 Å². The van der Waals surface area contributed by atoms with Gasteiger partial charge in [0.1, 0.15) is 23.7 Å². The standard InChI is InChI=1S/C22H32O5Si/c1-14-18-13-27-22(24)19(18)21(26-10-11-28(3,4)5)17(20(14)25-2)9-8-16(12-23)15-6-7-15/h8,15,23H,6-7,9-13H2,1-5H3. The van der Waals surface area contributed by atoms with E-state index in [2.05, 4.69) is 25.7 Å². The lowest BCUT2D eigenvalue weighted by Crippen LogP contribution is -2.23. The molecule has 1 N–H and O–H groups in total. The number of methoxy groups -OCH3 is 1. The van der Waals surface area contributed by atoms with E-state index < -0.39 is 8.07 Å². The van der Waals surface area contributed by atoms with Crippen LogP contribution in [0.2, 0.25) is 25.7 Å². The van der Waals surface area contributed by atoms with Crippen LogP contribution in [0.25, 0.3) is 0 Å².